The van der Waals surface area contributed by atoms with Crippen molar-refractivity contribution in [3.05, 3.63) is 35.9 Å². The lowest BCUT2D eigenvalue weighted by Crippen LogP contribution is -2.52. The molecular formula is C15H23N3O2. The number of likely N-dealkylation sites (tertiary alicyclic amines) is 1. The third kappa shape index (κ3) is 3.17. The molecule has 20 heavy (non-hydrogen) atoms. The molecule has 2 rings (SSSR count). The van der Waals surface area contributed by atoms with E-state index in [4.69, 9.17) is 10.6 Å². The molecule has 1 saturated heterocycles. The van der Waals surface area contributed by atoms with Crippen molar-refractivity contribution in [3.8, 4) is 0 Å². The largest absolute Gasteiger partial charge is 0.377 e. The topological polar surface area (TPSA) is 67.6 Å². The van der Waals surface area contributed by atoms with Crippen molar-refractivity contribution >= 4 is 5.91 Å². The number of nitrogens with two attached hydrogens (primary N) is 1. The zero-order valence-corrected chi connectivity index (χ0v) is 12.1. The quantitative estimate of drug-likeness (QED) is 0.493. The smallest absolute Gasteiger partial charge is 0.255 e. The molecule has 1 heterocycles. The second-order valence-corrected chi connectivity index (χ2v) is 5.55. The standard InChI is InChI=1S/C15H23N3O2/c1-15(20-2)9-6-10-18(11-15)13(14(19)17-16)12-7-4-3-5-8-12/h3-5,7-8,13H,6,9-11,16H2,1-2H3,(H,17,19). The molecule has 5 heteroatoms. The number of rotatable bonds is 4. The lowest BCUT2D eigenvalue weighted by atomic mass is 9.92. The van der Waals surface area contributed by atoms with Gasteiger partial charge in [-0.05, 0) is 31.9 Å². The molecule has 1 aliphatic heterocycles. The van der Waals surface area contributed by atoms with Crippen LogP contribution in [-0.2, 0) is 9.53 Å². The van der Waals surface area contributed by atoms with Crippen LogP contribution in [0.25, 0.3) is 0 Å². The van der Waals surface area contributed by atoms with Crippen molar-refractivity contribution in [1.82, 2.24) is 10.3 Å². The number of ether oxygens (including phenoxy) is 1. The summed E-state index contributed by atoms with van der Waals surface area (Å²) in [5.74, 6) is 5.18. The summed E-state index contributed by atoms with van der Waals surface area (Å²) in [6.07, 6.45) is 2.01. The van der Waals surface area contributed by atoms with Gasteiger partial charge in [-0.25, -0.2) is 5.84 Å². The zero-order chi connectivity index (χ0) is 14.6. The van der Waals surface area contributed by atoms with E-state index < -0.39 is 0 Å². The molecule has 1 aromatic rings. The van der Waals surface area contributed by atoms with E-state index in [1.54, 1.807) is 7.11 Å². The van der Waals surface area contributed by atoms with Crippen molar-refractivity contribution in [3.63, 3.8) is 0 Å². The fourth-order valence-corrected chi connectivity index (χ4v) is 2.87. The number of hydrazine groups is 1. The van der Waals surface area contributed by atoms with E-state index in [1.807, 2.05) is 30.3 Å². The van der Waals surface area contributed by atoms with Crippen LogP contribution in [0.3, 0.4) is 0 Å². The Morgan fingerprint density at radius 3 is 2.75 bits per heavy atom. The number of piperidine rings is 1. The first-order chi connectivity index (χ1) is 9.59. The molecule has 1 aromatic carbocycles. The van der Waals surface area contributed by atoms with E-state index in [9.17, 15) is 4.79 Å². The van der Waals surface area contributed by atoms with Crippen LogP contribution in [-0.4, -0.2) is 36.6 Å². The van der Waals surface area contributed by atoms with E-state index in [0.29, 0.717) is 0 Å². The number of hydrogen-bond donors (Lipinski definition) is 2. The number of carbonyl (C=O) groups is 1. The lowest BCUT2D eigenvalue weighted by molar-refractivity contribution is -0.130. The predicted octanol–water partition coefficient (Wildman–Crippen LogP) is 1.22. The first kappa shape index (κ1) is 15.0. The molecule has 3 N–H and O–H groups in total. The van der Waals surface area contributed by atoms with Crippen LogP contribution in [0.5, 0.6) is 0 Å². The summed E-state index contributed by atoms with van der Waals surface area (Å²) in [5.41, 5.74) is 3.03. The Kier molecular flexibility index (Phi) is 4.75. The average Bonchev–Trinajstić information content (AvgIpc) is 2.48. The minimum absolute atomic E-state index is 0.184. The number of amides is 1. The van der Waals surface area contributed by atoms with E-state index >= 15 is 0 Å². The van der Waals surface area contributed by atoms with Gasteiger partial charge in [0.05, 0.1) is 5.60 Å². The number of nitrogens with one attached hydrogen (secondary N) is 1. The first-order valence-corrected chi connectivity index (χ1v) is 6.94. The normalized spacial score (nSPS) is 25.1. The second-order valence-electron chi connectivity index (χ2n) is 5.55. The highest BCUT2D eigenvalue weighted by Crippen LogP contribution is 2.30. The molecule has 2 unspecified atom stereocenters. The van der Waals surface area contributed by atoms with Gasteiger partial charge in [0, 0.05) is 13.7 Å². The summed E-state index contributed by atoms with van der Waals surface area (Å²) in [4.78, 5) is 14.3. The second kappa shape index (κ2) is 6.35. The van der Waals surface area contributed by atoms with Gasteiger partial charge in [-0.15, -0.1) is 0 Å². The van der Waals surface area contributed by atoms with Crippen LogP contribution in [0.2, 0.25) is 0 Å². The monoisotopic (exact) mass is 277 g/mol. The van der Waals surface area contributed by atoms with Gasteiger partial charge >= 0.3 is 0 Å². The highest BCUT2D eigenvalue weighted by atomic mass is 16.5. The molecule has 1 fully saturated rings. The van der Waals surface area contributed by atoms with Crippen LogP contribution in [0.15, 0.2) is 30.3 Å². The minimum atomic E-state index is -0.365. The molecule has 0 bridgehead atoms. The summed E-state index contributed by atoms with van der Waals surface area (Å²) < 4.78 is 5.60. The van der Waals surface area contributed by atoms with Gasteiger partial charge in [0.1, 0.15) is 6.04 Å². The van der Waals surface area contributed by atoms with Crippen LogP contribution >= 0.6 is 0 Å². The van der Waals surface area contributed by atoms with Gasteiger partial charge in [0.2, 0.25) is 0 Å². The Bertz CT molecular complexity index is 452. The van der Waals surface area contributed by atoms with E-state index in [2.05, 4.69) is 17.2 Å². The van der Waals surface area contributed by atoms with Crippen LogP contribution < -0.4 is 11.3 Å². The van der Waals surface area contributed by atoms with E-state index in [0.717, 1.165) is 31.5 Å². The number of hydrogen-bond acceptors (Lipinski definition) is 4. The summed E-state index contributed by atoms with van der Waals surface area (Å²) in [7, 11) is 1.73. The summed E-state index contributed by atoms with van der Waals surface area (Å²) in [6, 6.07) is 9.36. The third-order valence-electron chi connectivity index (χ3n) is 4.05. The van der Waals surface area contributed by atoms with Crippen molar-refractivity contribution in [2.75, 3.05) is 20.2 Å². The molecule has 5 nitrogen and oxygen atoms in total. The number of carbonyl (C=O) groups excluding carboxylic acids is 1. The fourth-order valence-electron chi connectivity index (χ4n) is 2.87. The number of benzene rings is 1. The predicted molar refractivity (Wildman–Crippen MR) is 77.7 cm³/mol. The molecule has 1 aliphatic rings. The van der Waals surface area contributed by atoms with Crippen molar-refractivity contribution in [2.24, 2.45) is 5.84 Å². The van der Waals surface area contributed by atoms with Crippen LogP contribution in [0, 0.1) is 0 Å². The summed E-state index contributed by atoms with van der Waals surface area (Å²) in [5, 5.41) is 0. The Morgan fingerprint density at radius 2 is 2.15 bits per heavy atom. The molecule has 2 atom stereocenters. The summed E-state index contributed by atoms with van der Waals surface area (Å²) in [6.45, 7) is 3.67. The maximum absolute atomic E-state index is 12.2. The zero-order valence-electron chi connectivity index (χ0n) is 12.1. The van der Waals surface area contributed by atoms with Gasteiger partial charge in [-0.1, -0.05) is 30.3 Å². The van der Waals surface area contributed by atoms with Gasteiger partial charge in [0.15, 0.2) is 0 Å². The van der Waals surface area contributed by atoms with E-state index in [-0.39, 0.29) is 17.6 Å². The van der Waals surface area contributed by atoms with Crippen molar-refractivity contribution in [2.45, 2.75) is 31.4 Å². The minimum Gasteiger partial charge on any atom is -0.377 e. The highest BCUT2D eigenvalue weighted by Gasteiger charge is 2.37. The third-order valence-corrected chi connectivity index (χ3v) is 4.05. The molecule has 110 valence electrons. The lowest BCUT2D eigenvalue weighted by Gasteiger charge is -2.42. The van der Waals surface area contributed by atoms with Crippen molar-refractivity contribution < 1.29 is 9.53 Å². The van der Waals surface area contributed by atoms with Gasteiger partial charge in [-0.2, -0.15) is 0 Å². The molecule has 0 radical (unpaired) electrons. The molecule has 0 aliphatic carbocycles. The molecule has 1 amide bonds. The first-order valence-electron chi connectivity index (χ1n) is 6.94. The summed E-state index contributed by atoms with van der Waals surface area (Å²) >= 11 is 0. The fraction of sp³-hybridized carbons (Fsp3) is 0.533. The van der Waals surface area contributed by atoms with Crippen LogP contribution in [0.1, 0.15) is 31.4 Å². The Morgan fingerprint density at radius 1 is 1.45 bits per heavy atom. The SMILES string of the molecule is COC1(C)CCCN(C(C(=O)NN)c2ccccc2)C1. The Labute approximate surface area is 120 Å². The molecule has 0 spiro atoms. The average molecular weight is 277 g/mol. The van der Waals surface area contributed by atoms with Crippen molar-refractivity contribution in [1.29, 1.82) is 0 Å². The molecule has 0 saturated carbocycles. The number of nitrogens with zero attached hydrogens (tertiary/aromatic N) is 1. The van der Waals surface area contributed by atoms with Gasteiger partial charge in [-0.3, -0.25) is 15.1 Å². The van der Waals surface area contributed by atoms with E-state index in [1.165, 1.54) is 0 Å². The maximum Gasteiger partial charge on any atom is 0.255 e. The number of methoxy groups -OCH3 is 1. The maximum atomic E-state index is 12.2. The van der Waals surface area contributed by atoms with Crippen LogP contribution in [0.4, 0.5) is 0 Å². The highest BCUT2D eigenvalue weighted by molar-refractivity contribution is 5.82. The molecule has 0 aromatic heterocycles. The Hall–Kier alpha value is -1.43. The molecular weight excluding hydrogens is 254 g/mol. The van der Waals surface area contributed by atoms with Gasteiger partial charge in [0.25, 0.3) is 5.91 Å². The Balaban J connectivity index is 2.26. The van der Waals surface area contributed by atoms with Gasteiger partial charge < -0.3 is 4.74 Å².